The van der Waals surface area contributed by atoms with E-state index in [0.717, 1.165) is 11.4 Å². The lowest BCUT2D eigenvalue weighted by molar-refractivity contribution is -0.123. The maximum atomic E-state index is 13.1. The summed E-state index contributed by atoms with van der Waals surface area (Å²) in [5.74, 6) is -0.204. The summed E-state index contributed by atoms with van der Waals surface area (Å²) >= 11 is 5.93. The van der Waals surface area contributed by atoms with E-state index in [4.69, 9.17) is 16.3 Å². The Morgan fingerprint density at radius 1 is 1.16 bits per heavy atom. The number of carbonyl (C=O) groups is 1. The van der Waals surface area contributed by atoms with E-state index in [-0.39, 0.29) is 12.0 Å². The molecule has 0 radical (unpaired) electrons. The van der Waals surface area contributed by atoms with Crippen molar-refractivity contribution in [2.75, 3.05) is 24.3 Å². The van der Waals surface area contributed by atoms with Gasteiger partial charge >= 0.3 is 0 Å². The summed E-state index contributed by atoms with van der Waals surface area (Å²) < 4.78 is 7.29. The van der Waals surface area contributed by atoms with E-state index in [9.17, 15) is 9.90 Å². The highest BCUT2D eigenvalue weighted by Crippen LogP contribution is 2.25. The largest absolute Gasteiger partial charge is 0.380 e. The first-order valence-electron chi connectivity index (χ1n) is 10.4. The van der Waals surface area contributed by atoms with Crippen LogP contribution in [0.15, 0.2) is 60.8 Å². The second-order valence-electron chi connectivity index (χ2n) is 7.75. The smallest absolute Gasteiger partial charge is 0.241 e. The van der Waals surface area contributed by atoms with Gasteiger partial charge in [-0.15, -0.1) is 0 Å². The summed E-state index contributed by atoms with van der Waals surface area (Å²) in [7, 11) is 1.61. The molecule has 0 bridgehead atoms. The predicted octanol–water partition coefficient (Wildman–Crippen LogP) is 3.25. The normalized spacial score (nSPS) is 19.6. The molecule has 1 aliphatic rings. The minimum Gasteiger partial charge on any atom is -0.380 e. The van der Waals surface area contributed by atoms with Crippen LogP contribution in [0.25, 0.3) is 5.69 Å². The number of methoxy groups -OCH3 is 1. The zero-order valence-electron chi connectivity index (χ0n) is 17.9. The SMILES string of the molecule is CO[C@@H]1C[C@H](C(=O)Nc2ccc(-n3nccc3C)cc2)N(C(O)Nc2ccc(Cl)cc2)C1. The first-order valence-corrected chi connectivity index (χ1v) is 10.7. The summed E-state index contributed by atoms with van der Waals surface area (Å²) in [6.07, 6.45) is 1.01. The van der Waals surface area contributed by atoms with Gasteiger partial charge in [-0.2, -0.15) is 5.10 Å². The van der Waals surface area contributed by atoms with Gasteiger partial charge in [0.05, 0.1) is 17.8 Å². The van der Waals surface area contributed by atoms with Gasteiger partial charge in [0.2, 0.25) is 5.91 Å². The molecule has 1 aliphatic heterocycles. The Bertz CT molecular complexity index is 1050. The number of aliphatic hydroxyl groups is 1. The average Bonchev–Trinajstić information content (AvgIpc) is 3.42. The number of nitrogens with one attached hydrogen (secondary N) is 2. The van der Waals surface area contributed by atoms with Gasteiger partial charge in [0, 0.05) is 41.9 Å². The van der Waals surface area contributed by atoms with Gasteiger partial charge in [0.25, 0.3) is 0 Å². The number of amides is 1. The molecule has 1 fully saturated rings. The molecule has 8 nitrogen and oxygen atoms in total. The zero-order valence-corrected chi connectivity index (χ0v) is 18.7. The maximum absolute atomic E-state index is 13.1. The van der Waals surface area contributed by atoms with Gasteiger partial charge in [0.1, 0.15) is 0 Å². The predicted molar refractivity (Wildman–Crippen MR) is 124 cm³/mol. The number of hydrogen-bond acceptors (Lipinski definition) is 6. The maximum Gasteiger partial charge on any atom is 0.241 e. The first-order chi connectivity index (χ1) is 15.4. The minimum absolute atomic E-state index is 0.155. The third kappa shape index (κ3) is 4.94. The molecule has 2 aromatic carbocycles. The van der Waals surface area contributed by atoms with Crippen molar-refractivity contribution < 1.29 is 14.6 Å². The molecule has 4 rings (SSSR count). The number of aryl methyl sites for hydroxylation is 1. The highest BCUT2D eigenvalue weighted by Gasteiger charge is 2.40. The molecule has 1 saturated heterocycles. The van der Waals surface area contributed by atoms with Crippen molar-refractivity contribution in [3.8, 4) is 5.69 Å². The number of likely N-dealkylation sites (tertiary alicyclic amines) is 1. The van der Waals surface area contributed by atoms with E-state index in [1.54, 1.807) is 42.5 Å². The van der Waals surface area contributed by atoms with Gasteiger partial charge in [-0.3, -0.25) is 4.79 Å². The summed E-state index contributed by atoms with van der Waals surface area (Å²) in [5, 5.41) is 21.6. The van der Waals surface area contributed by atoms with Crippen molar-refractivity contribution in [3.63, 3.8) is 0 Å². The molecule has 3 aromatic rings. The quantitative estimate of drug-likeness (QED) is 0.474. The van der Waals surface area contributed by atoms with Crippen LogP contribution in [-0.4, -0.2) is 57.8 Å². The van der Waals surface area contributed by atoms with Crippen LogP contribution in [0.5, 0.6) is 0 Å². The molecule has 32 heavy (non-hydrogen) atoms. The number of benzene rings is 2. The van der Waals surface area contributed by atoms with Crippen molar-refractivity contribution in [3.05, 3.63) is 71.5 Å². The van der Waals surface area contributed by atoms with Gasteiger partial charge in [-0.25, -0.2) is 9.58 Å². The van der Waals surface area contributed by atoms with E-state index in [0.29, 0.717) is 29.4 Å². The number of aromatic nitrogens is 2. The second-order valence-corrected chi connectivity index (χ2v) is 8.19. The molecule has 0 saturated carbocycles. The number of rotatable bonds is 7. The Kier molecular flexibility index (Phi) is 6.76. The Hall–Kier alpha value is -2.91. The highest BCUT2D eigenvalue weighted by atomic mass is 35.5. The number of halogens is 1. The number of hydrogen-bond donors (Lipinski definition) is 3. The molecule has 0 spiro atoms. The minimum atomic E-state index is -1.06. The fraction of sp³-hybridized carbons (Fsp3) is 0.304. The van der Waals surface area contributed by atoms with Crippen LogP contribution in [0.4, 0.5) is 11.4 Å². The first kappa shape index (κ1) is 22.3. The molecule has 3 N–H and O–H groups in total. The van der Waals surface area contributed by atoms with Crippen LogP contribution in [0.2, 0.25) is 5.02 Å². The van der Waals surface area contributed by atoms with Gasteiger partial charge < -0.3 is 20.5 Å². The molecule has 1 amide bonds. The van der Waals surface area contributed by atoms with Gasteiger partial charge in [0.15, 0.2) is 6.35 Å². The molecular weight excluding hydrogens is 430 g/mol. The lowest BCUT2D eigenvalue weighted by atomic mass is 10.1. The second kappa shape index (κ2) is 9.70. The van der Waals surface area contributed by atoms with E-state index >= 15 is 0 Å². The summed E-state index contributed by atoms with van der Waals surface area (Å²) in [6.45, 7) is 2.40. The third-order valence-corrected chi connectivity index (χ3v) is 5.85. The van der Waals surface area contributed by atoms with Crippen LogP contribution in [-0.2, 0) is 9.53 Å². The number of anilines is 2. The van der Waals surface area contributed by atoms with E-state index in [1.807, 2.05) is 41.9 Å². The average molecular weight is 456 g/mol. The highest BCUT2D eigenvalue weighted by molar-refractivity contribution is 6.30. The summed E-state index contributed by atoms with van der Waals surface area (Å²) in [4.78, 5) is 14.8. The Balaban J connectivity index is 1.44. The molecule has 168 valence electrons. The third-order valence-electron chi connectivity index (χ3n) is 5.60. The number of carbonyl (C=O) groups excluding carboxylic acids is 1. The molecule has 9 heteroatoms. The van der Waals surface area contributed by atoms with E-state index < -0.39 is 12.4 Å². The summed E-state index contributed by atoms with van der Waals surface area (Å²) in [6, 6.07) is 15.9. The lowest BCUT2D eigenvalue weighted by Crippen LogP contribution is -2.48. The topological polar surface area (TPSA) is 91.7 Å². The van der Waals surface area contributed by atoms with Crippen molar-refractivity contribution in [1.29, 1.82) is 0 Å². The standard InChI is InChI=1S/C23H26ClN5O3/c1-15-11-12-25-29(15)19-9-7-17(8-10-19)26-22(30)21-13-20(32-2)14-28(21)23(31)27-18-5-3-16(24)4-6-18/h3-12,20-21,23,27,31H,13-14H2,1-2H3,(H,26,30)/t20-,21-,23?/m1/s1. The molecule has 2 heterocycles. The molecular formula is C23H26ClN5O3. The van der Waals surface area contributed by atoms with Gasteiger partial charge in [-0.05, 0) is 67.9 Å². The molecule has 0 aliphatic carbocycles. The van der Waals surface area contributed by atoms with E-state index in [1.165, 1.54) is 0 Å². The fourth-order valence-corrected chi connectivity index (χ4v) is 3.98. The Morgan fingerprint density at radius 3 is 2.47 bits per heavy atom. The van der Waals surface area contributed by atoms with Crippen molar-refractivity contribution >= 4 is 28.9 Å². The number of aliphatic hydroxyl groups excluding tert-OH is 1. The lowest BCUT2D eigenvalue weighted by Gasteiger charge is -2.29. The van der Waals surface area contributed by atoms with Crippen LogP contribution < -0.4 is 10.6 Å². The molecule has 1 unspecified atom stereocenters. The van der Waals surface area contributed by atoms with Crippen molar-refractivity contribution in [1.82, 2.24) is 14.7 Å². The molecule has 3 atom stereocenters. The number of ether oxygens (including phenoxy) is 1. The van der Waals surface area contributed by atoms with Crippen LogP contribution >= 0.6 is 11.6 Å². The zero-order chi connectivity index (χ0) is 22.7. The fourth-order valence-electron chi connectivity index (χ4n) is 3.85. The monoisotopic (exact) mass is 455 g/mol. The van der Waals surface area contributed by atoms with Crippen molar-refractivity contribution in [2.24, 2.45) is 0 Å². The Morgan fingerprint density at radius 2 is 1.84 bits per heavy atom. The molecule has 1 aromatic heterocycles. The van der Waals surface area contributed by atoms with Crippen LogP contribution in [0.1, 0.15) is 12.1 Å². The Labute approximate surface area is 191 Å². The number of nitrogens with zero attached hydrogens (tertiary/aromatic N) is 3. The summed E-state index contributed by atoms with van der Waals surface area (Å²) in [5.41, 5.74) is 3.31. The van der Waals surface area contributed by atoms with Gasteiger partial charge in [-0.1, -0.05) is 11.6 Å². The van der Waals surface area contributed by atoms with Crippen LogP contribution in [0.3, 0.4) is 0 Å². The van der Waals surface area contributed by atoms with E-state index in [2.05, 4.69) is 15.7 Å². The van der Waals surface area contributed by atoms with Crippen LogP contribution in [0, 0.1) is 6.92 Å². The van der Waals surface area contributed by atoms with Crippen molar-refractivity contribution in [2.45, 2.75) is 31.8 Å².